The van der Waals surface area contributed by atoms with Crippen molar-refractivity contribution < 1.29 is 45.5 Å². The number of sulfone groups is 2. The minimum Gasteiger partial charge on any atom is -0.497 e. The molecule has 3 N–H and O–H groups in total. The lowest BCUT2D eigenvalue weighted by atomic mass is 10.0. The minimum atomic E-state index is -4.20. The fourth-order valence-electron chi connectivity index (χ4n) is 4.73. The van der Waals surface area contributed by atoms with E-state index in [0.717, 1.165) is 31.2 Å². The second-order valence-corrected chi connectivity index (χ2v) is 17.7. The van der Waals surface area contributed by atoms with Crippen LogP contribution in [-0.2, 0) is 45.4 Å². The van der Waals surface area contributed by atoms with Gasteiger partial charge in [0, 0.05) is 11.8 Å². The fraction of sp³-hybridized carbons (Fsp3) is 0.353. The van der Waals surface area contributed by atoms with E-state index < -0.39 is 65.6 Å². The van der Waals surface area contributed by atoms with E-state index in [9.17, 15) is 31.2 Å². The summed E-state index contributed by atoms with van der Waals surface area (Å²) >= 11 is 0. The Morgan fingerprint density at radius 3 is 2.10 bits per heavy atom. The van der Waals surface area contributed by atoms with E-state index in [2.05, 4.69) is 10.5 Å². The molecule has 3 aromatic carbocycles. The van der Waals surface area contributed by atoms with Gasteiger partial charge in [-0.1, -0.05) is 41.6 Å². The third kappa shape index (κ3) is 8.60. The molecular weight excluding hydrogens is 689 g/mol. The van der Waals surface area contributed by atoms with Crippen LogP contribution in [0.4, 0.5) is 10.5 Å². The molecule has 0 fully saturated rings. The smallest absolute Gasteiger partial charge is 0.408 e. The third-order valence-corrected chi connectivity index (χ3v) is 11.7. The van der Waals surface area contributed by atoms with Crippen LogP contribution in [0.5, 0.6) is 5.75 Å². The average molecular weight is 729 g/mol. The molecule has 268 valence electrons. The lowest BCUT2D eigenvalue weighted by Crippen LogP contribution is -2.51. The molecule has 50 heavy (non-hydrogen) atoms. The number of ether oxygens (including phenoxy) is 2. The first-order valence-corrected chi connectivity index (χ1v) is 18.8. The van der Waals surface area contributed by atoms with E-state index in [-0.39, 0.29) is 22.7 Å². The molecule has 1 heterocycles. The normalized spacial score (nSPS) is 16.5. The Hall–Kier alpha value is -4.96. The average Bonchev–Trinajstić information content (AvgIpc) is 3.10. The molecule has 2 amide bonds. The van der Waals surface area contributed by atoms with Crippen LogP contribution in [0.15, 0.2) is 76.8 Å². The van der Waals surface area contributed by atoms with E-state index in [4.69, 9.17) is 20.0 Å². The largest absolute Gasteiger partial charge is 0.497 e. The van der Waals surface area contributed by atoms with Crippen molar-refractivity contribution in [1.82, 2.24) is 5.32 Å². The molecule has 0 saturated carbocycles. The summed E-state index contributed by atoms with van der Waals surface area (Å²) in [5.41, 5.74) is 7.60. The molecule has 14 nitrogen and oxygen atoms in total. The van der Waals surface area contributed by atoms with Gasteiger partial charge in [0.15, 0.2) is 30.3 Å². The number of benzene rings is 3. The molecule has 4 rings (SSSR count). The number of hydrogen-bond acceptors (Lipinski definition) is 11. The van der Waals surface area contributed by atoms with Crippen LogP contribution in [0.2, 0.25) is 0 Å². The van der Waals surface area contributed by atoms with Gasteiger partial charge in [-0.2, -0.15) is 0 Å². The van der Waals surface area contributed by atoms with Gasteiger partial charge in [0.2, 0.25) is 0 Å². The fourth-order valence-corrected chi connectivity index (χ4v) is 6.67. The number of carbonyl (C=O) groups excluding carboxylic acids is 3. The maximum absolute atomic E-state index is 14.1. The van der Waals surface area contributed by atoms with Crippen molar-refractivity contribution in [2.75, 3.05) is 24.0 Å². The highest BCUT2D eigenvalue weighted by atomic mass is 32.2. The molecule has 1 aliphatic rings. The van der Waals surface area contributed by atoms with E-state index in [1.54, 1.807) is 40.0 Å². The highest BCUT2D eigenvalue weighted by molar-refractivity contribution is 7.92. The molecule has 0 bridgehead atoms. The molecular formula is C34H40N4O10S2. The molecule has 3 aromatic rings. The zero-order chi connectivity index (χ0) is 37.2. The van der Waals surface area contributed by atoms with Crippen molar-refractivity contribution in [2.45, 2.75) is 62.4 Å². The zero-order valence-electron chi connectivity index (χ0n) is 28.7. The highest BCUT2D eigenvalue weighted by Crippen LogP contribution is 2.34. The summed E-state index contributed by atoms with van der Waals surface area (Å²) in [4.78, 5) is 45.2. The zero-order valence-corrected chi connectivity index (χ0v) is 30.3. The number of nitrogens with zero attached hydrogens (tertiary/aromatic N) is 2. The second kappa shape index (κ2) is 14.1. The van der Waals surface area contributed by atoms with Crippen LogP contribution in [0, 0.1) is 0 Å². The van der Waals surface area contributed by atoms with Crippen LogP contribution < -0.4 is 20.7 Å². The quantitative estimate of drug-likeness (QED) is 0.141. The van der Waals surface area contributed by atoms with Gasteiger partial charge >= 0.3 is 12.1 Å². The number of rotatable bonds is 9. The SMILES string of the molecule is COc1ccc(-c2ccc(CN3C(=O)[C@@H](NC(=O)OC(C)(C)C)CS(=O)(=O)c4ccc(/C(N)=N/OC(=O)C(C)(C)S(C)(=O)=O)cc43)cc2)cc1. The van der Waals surface area contributed by atoms with E-state index >= 15 is 0 Å². The number of amidine groups is 1. The predicted octanol–water partition coefficient (Wildman–Crippen LogP) is 3.56. The summed E-state index contributed by atoms with van der Waals surface area (Å²) in [6.45, 7) is 7.07. The van der Waals surface area contributed by atoms with Crippen molar-refractivity contribution in [3.8, 4) is 16.9 Å². The van der Waals surface area contributed by atoms with Crippen LogP contribution in [-0.4, -0.2) is 76.1 Å². The Labute approximate surface area is 291 Å². The number of anilines is 1. The Bertz CT molecular complexity index is 2040. The van der Waals surface area contributed by atoms with Gasteiger partial charge < -0.3 is 30.3 Å². The molecule has 0 unspecified atom stereocenters. The lowest BCUT2D eigenvalue weighted by molar-refractivity contribution is -0.145. The Balaban J connectivity index is 1.75. The van der Waals surface area contributed by atoms with Crippen molar-refractivity contribution in [1.29, 1.82) is 0 Å². The van der Waals surface area contributed by atoms with Crippen LogP contribution >= 0.6 is 0 Å². The first-order valence-electron chi connectivity index (χ1n) is 15.3. The van der Waals surface area contributed by atoms with Gasteiger partial charge in [-0.3, -0.25) is 4.79 Å². The van der Waals surface area contributed by atoms with Crippen molar-refractivity contribution >= 4 is 49.2 Å². The van der Waals surface area contributed by atoms with Gasteiger partial charge in [0.25, 0.3) is 5.91 Å². The number of amides is 2. The third-order valence-electron chi connectivity index (χ3n) is 7.89. The molecule has 0 saturated heterocycles. The Morgan fingerprint density at radius 2 is 1.56 bits per heavy atom. The van der Waals surface area contributed by atoms with Gasteiger partial charge in [0.1, 0.15) is 17.4 Å². The van der Waals surface area contributed by atoms with Crippen LogP contribution in [0.25, 0.3) is 11.1 Å². The maximum Gasteiger partial charge on any atom is 0.408 e. The number of oxime groups is 1. The number of nitrogens with two attached hydrogens (primary N) is 1. The molecule has 0 radical (unpaired) electrons. The highest BCUT2D eigenvalue weighted by Gasteiger charge is 2.41. The first kappa shape index (κ1) is 37.9. The van der Waals surface area contributed by atoms with Gasteiger partial charge in [0.05, 0.1) is 30.0 Å². The number of methoxy groups -OCH3 is 1. The van der Waals surface area contributed by atoms with Crippen molar-refractivity contribution in [3.63, 3.8) is 0 Å². The number of nitrogens with one attached hydrogen (secondary N) is 1. The van der Waals surface area contributed by atoms with E-state index in [0.29, 0.717) is 11.3 Å². The summed E-state index contributed by atoms with van der Waals surface area (Å²) in [6, 6.07) is 17.0. The Kier molecular flexibility index (Phi) is 10.7. The van der Waals surface area contributed by atoms with E-state index in [1.807, 2.05) is 36.4 Å². The second-order valence-electron chi connectivity index (χ2n) is 13.2. The molecule has 0 spiro atoms. The summed E-state index contributed by atoms with van der Waals surface area (Å²) in [7, 11) is -6.50. The molecule has 16 heteroatoms. The van der Waals surface area contributed by atoms with Crippen molar-refractivity contribution in [2.24, 2.45) is 10.9 Å². The molecule has 1 atom stereocenters. The Morgan fingerprint density at radius 1 is 0.980 bits per heavy atom. The number of hydrogen-bond donors (Lipinski definition) is 2. The topological polar surface area (TPSA) is 201 Å². The van der Waals surface area contributed by atoms with Gasteiger partial charge in [-0.05, 0) is 81.6 Å². The summed E-state index contributed by atoms with van der Waals surface area (Å²) in [5.74, 6) is -2.38. The lowest BCUT2D eigenvalue weighted by Gasteiger charge is -2.27. The summed E-state index contributed by atoms with van der Waals surface area (Å²) in [6.07, 6.45) is -0.103. The van der Waals surface area contributed by atoms with Crippen LogP contribution in [0.3, 0.4) is 0 Å². The molecule has 0 aliphatic carbocycles. The first-order chi connectivity index (χ1) is 23.1. The number of carbonyl (C=O) groups is 3. The monoisotopic (exact) mass is 728 g/mol. The van der Waals surface area contributed by atoms with Gasteiger partial charge in [-0.15, -0.1) is 0 Å². The predicted molar refractivity (Wildman–Crippen MR) is 187 cm³/mol. The van der Waals surface area contributed by atoms with Crippen molar-refractivity contribution in [3.05, 3.63) is 77.9 Å². The number of fused-ring (bicyclic) bond motifs is 1. The minimum absolute atomic E-state index is 0.0649. The summed E-state index contributed by atoms with van der Waals surface area (Å²) < 4.78 is 60.1. The molecule has 1 aliphatic heterocycles. The standard InChI is InChI=1S/C34H40N4O10S2/c1-33(2,3)47-32(41)36-26-20-50(44,45)28-17-14-24(29(35)37-48-31(40)34(4,5)49(7,42)43)18-27(28)38(30(26)39)19-21-8-10-22(11-9-21)23-12-15-25(46-6)16-13-23/h8-18,26H,19-20H2,1-7H3,(H2,35,37)(H,36,41)/t26-/m0/s1. The maximum atomic E-state index is 14.1. The van der Waals surface area contributed by atoms with Gasteiger partial charge in [-0.25, -0.2) is 26.4 Å². The van der Waals surface area contributed by atoms with Crippen LogP contribution in [0.1, 0.15) is 45.7 Å². The molecule has 0 aromatic heterocycles. The summed E-state index contributed by atoms with van der Waals surface area (Å²) in [5, 5.41) is 6.01. The van der Waals surface area contributed by atoms with E-state index in [1.165, 1.54) is 23.1 Å². The number of alkyl carbamates (subject to hydrolysis) is 1.